The van der Waals surface area contributed by atoms with Crippen LogP contribution in [0.4, 0.5) is 5.13 Å². The lowest BCUT2D eigenvalue weighted by Crippen LogP contribution is -2.31. The number of nitrogens with two attached hydrogens (primary N) is 1. The van der Waals surface area contributed by atoms with Crippen LogP contribution in [0.2, 0.25) is 0 Å². The van der Waals surface area contributed by atoms with Gasteiger partial charge in [0, 0.05) is 12.5 Å². The van der Waals surface area contributed by atoms with Gasteiger partial charge in [-0.1, -0.05) is 39.0 Å². The molecule has 0 saturated carbocycles. The molecule has 5 nitrogen and oxygen atoms in total. The summed E-state index contributed by atoms with van der Waals surface area (Å²) in [5.41, 5.74) is 6.09. The quantitative estimate of drug-likeness (QED) is 0.859. The van der Waals surface area contributed by atoms with Crippen LogP contribution >= 0.6 is 11.3 Å². The van der Waals surface area contributed by atoms with E-state index in [0.29, 0.717) is 11.6 Å². The summed E-state index contributed by atoms with van der Waals surface area (Å²) in [4.78, 5) is 11.8. The Kier molecular flexibility index (Phi) is 5.22. The van der Waals surface area contributed by atoms with Crippen molar-refractivity contribution in [2.45, 2.75) is 53.0 Å². The van der Waals surface area contributed by atoms with Crippen molar-refractivity contribution in [2.75, 3.05) is 5.32 Å². The molecule has 0 saturated heterocycles. The maximum Gasteiger partial charge on any atom is 0.227 e. The number of nitrogens with one attached hydrogen (secondary N) is 1. The molecule has 0 aliphatic carbocycles. The van der Waals surface area contributed by atoms with E-state index in [1.807, 2.05) is 6.92 Å². The van der Waals surface area contributed by atoms with Crippen molar-refractivity contribution in [2.24, 2.45) is 11.1 Å². The first-order chi connectivity index (χ1) is 8.30. The fourth-order valence-electron chi connectivity index (χ4n) is 1.71. The molecule has 1 amide bonds. The Bertz CT molecular complexity index is 397. The van der Waals surface area contributed by atoms with Gasteiger partial charge in [-0.3, -0.25) is 4.79 Å². The highest BCUT2D eigenvalue weighted by atomic mass is 32.1. The second kappa shape index (κ2) is 6.24. The molecule has 1 rings (SSSR count). The van der Waals surface area contributed by atoms with Crippen LogP contribution < -0.4 is 11.1 Å². The Balaban J connectivity index is 2.41. The average Bonchev–Trinajstić information content (AvgIpc) is 2.61. The summed E-state index contributed by atoms with van der Waals surface area (Å²) in [6.07, 6.45) is 1.96. The SMILES string of the molecule is CCc1nnc(NC(=O)CC(N)CC(C)(C)C)s1. The largest absolute Gasteiger partial charge is 0.327 e. The minimum atomic E-state index is -0.122. The van der Waals surface area contributed by atoms with Crippen molar-refractivity contribution in [1.29, 1.82) is 0 Å². The van der Waals surface area contributed by atoms with Crippen LogP contribution in [0.1, 0.15) is 45.5 Å². The van der Waals surface area contributed by atoms with Gasteiger partial charge in [-0.05, 0) is 18.3 Å². The molecule has 1 heterocycles. The van der Waals surface area contributed by atoms with Gasteiger partial charge in [0.15, 0.2) is 0 Å². The number of aryl methyl sites for hydroxylation is 1. The first-order valence-electron chi connectivity index (χ1n) is 6.18. The molecule has 0 aromatic carbocycles. The number of nitrogens with zero attached hydrogens (tertiary/aromatic N) is 2. The summed E-state index contributed by atoms with van der Waals surface area (Å²) >= 11 is 1.41. The van der Waals surface area contributed by atoms with E-state index in [-0.39, 0.29) is 17.4 Å². The standard InChI is InChI=1S/C12H22N4OS/c1-5-10-15-16-11(18-10)14-9(17)6-8(13)7-12(2,3)4/h8H,5-7,13H2,1-4H3,(H,14,16,17). The molecular weight excluding hydrogens is 248 g/mol. The maximum absolute atomic E-state index is 11.8. The molecule has 0 aliphatic heterocycles. The van der Waals surface area contributed by atoms with Crippen LogP contribution in [-0.2, 0) is 11.2 Å². The van der Waals surface area contributed by atoms with E-state index in [2.05, 4.69) is 36.3 Å². The highest BCUT2D eigenvalue weighted by molar-refractivity contribution is 7.15. The zero-order valence-corrected chi connectivity index (χ0v) is 12.3. The third-order valence-corrected chi connectivity index (χ3v) is 3.32. The fraction of sp³-hybridized carbons (Fsp3) is 0.750. The number of amides is 1. The van der Waals surface area contributed by atoms with Crippen molar-refractivity contribution < 1.29 is 4.79 Å². The van der Waals surface area contributed by atoms with Gasteiger partial charge in [0.05, 0.1) is 0 Å². The van der Waals surface area contributed by atoms with Crippen LogP contribution in [0.25, 0.3) is 0 Å². The van der Waals surface area contributed by atoms with Crippen LogP contribution in [0.5, 0.6) is 0 Å². The van der Waals surface area contributed by atoms with Crippen LogP contribution in [0.3, 0.4) is 0 Å². The molecule has 1 aromatic rings. The lowest BCUT2D eigenvalue weighted by molar-refractivity contribution is -0.116. The zero-order valence-electron chi connectivity index (χ0n) is 11.5. The monoisotopic (exact) mass is 270 g/mol. The fourth-order valence-corrected chi connectivity index (χ4v) is 2.41. The lowest BCUT2D eigenvalue weighted by atomic mass is 9.87. The summed E-state index contributed by atoms with van der Waals surface area (Å²) in [5, 5.41) is 12.1. The number of aromatic nitrogens is 2. The smallest absolute Gasteiger partial charge is 0.227 e. The van der Waals surface area contributed by atoms with Gasteiger partial charge in [0.25, 0.3) is 0 Å². The van der Waals surface area contributed by atoms with Gasteiger partial charge in [-0.25, -0.2) is 0 Å². The second-order valence-corrected chi connectivity index (χ2v) is 6.69. The van der Waals surface area contributed by atoms with Gasteiger partial charge in [-0.15, -0.1) is 10.2 Å². The Morgan fingerprint density at radius 2 is 2.11 bits per heavy atom. The molecule has 1 unspecified atom stereocenters. The topological polar surface area (TPSA) is 80.9 Å². The predicted molar refractivity (Wildman–Crippen MR) is 74.6 cm³/mol. The third kappa shape index (κ3) is 5.55. The summed E-state index contributed by atoms with van der Waals surface area (Å²) in [6.45, 7) is 8.35. The van der Waals surface area contributed by atoms with E-state index in [1.54, 1.807) is 0 Å². The highest BCUT2D eigenvalue weighted by Crippen LogP contribution is 2.21. The number of carbonyl (C=O) groups is 1. The lowest BCUT2D eigenvalue weighted by Gasteiger charge is -2.22. The second-order valence-electron chi connectivity index (χ2n) is 5.63. The van der Waals surface area contributed by atoms with Gasteiger partial charge in [-0.2, -0.15) is 0 Å². The molecule has 102 valence electrons. The number of carbonyl (C=O) groups excluding carboxylic acids is 1. The number of anilines is 1. The van der Waals surface area contributed by atoms with Crippen LogP contribution in [0.15, 0.2) is 0 Å². The molecule has 1 atom stereocenters. The molecule has 0 fully saturated rings. The Hall–Kier alpha value is -1.01. The maximum atomic E-state index is 11.8. The van der Waals surface area contributed by atoms with E-state index in [1.165, 1.54) is 11.3 Å². The molecule has 6 heteroatoms. The van der Waals surface area contributed by atoms with Gasteiger partial charge >= 0.3 is 0 Å². The van der Waals surface area contributed by atoms with Crippen molar-refractivity contribution in [1.82, 2.24) is 10.2 Å². The molecule has 0 aliphatic rings. The minimum Gasteiger partial charge on any atom is -0.327 e. The van der Waals surface area contributed by atoms with E-state index < -0.39 is 0 Å². The summed E-state index contributed by atoms with van der Waals surface area (Å²) < 4.78 is 0. The highest BCUT2D eigenvalue weighted by Gasteiger charge is 2.18. The normalized spacial score (nSPS) is 13.4. The van der Waals surface area contributed by atoms with Crippen LogP contribution in [0, 0.1) is 5.41 Å². The van der Waals surface area contributed by atoms with E-state index in [0.717, 1.165) is 17.8 Å². The zero-order chi connectivity index (χ0) is 13.8. The molecular formula is C12H22N4OS. The number of hydrogen-bond acceptors (Lipinski definition) is 5. The summed E-state index contributed by atoms with van der Waals surface area (Å²) in [5.74, 6) is -0.0921. The van der Waals surface area contributed by atoms with E-state index in [9.17, 15) is 4.79 Å². The van der Waals surface area contributed by atoms with Gasteiger partial charge in [0.1, 0.15) is 5.01 Å². The van der Waals surface area contributed by atoms with Crippen molar-refractivity contribution in [3.63, 3.8) is 0 Å². The van der Waals surface area contributed by atoms with E-state index >= 15 is 0 Å². The predicted octanol–water partition coefficient (Wildman–Crippen LogP) is 2.19. The molecule has 3 N–H and O–H groups in total. The Morgan fingerprint density at radius 1 is 1.44 bits per heavy atom. The van der Waals surface area contributed by atoms with Crippen molar-refractivity contribution >= 4 is 22.4 Å². The molecule has 0 bridgehead atoms. The summed E-state index contributed by atoms with van der Waals surface area (Å²) in [7, 11) is 0. The average molecular weight is 270 g/mol. The Labute approximate surface area is 112 Å². The molecule has 0 spiro atoms. The van der Waals surface area contributed by atoms with Crippen LogP contribution in [-0.4, -0.2) is 22.1 Å². The summed E-state index contributed by atoms with van der Waals surface area (Å²) in [6, 6.07) is -0.122. The van der Waals surface area contributed by atoms with Gasteiger partial charge < -0.3 is 11.1 Å². The first-order valence-corrected chi connectivity index (χ1v) is 6.99. The number of hydrogen-bond donors (Lipinski definition) is 2. The molecule has 0 radical (unpaired) electrons. The van der Waals surface area contributed by atoms with Gasteiger partial charge in [0.2, 0.25) is 11.0 Å². The first kappa shape index (κ1) is 15.0. The Morgan fingerprint density at radius 3 is 2.61 bits per heavy atom. The third-order valence-electron chi connectivity index (χ3n) is 2.34. The van der Waals surface area contributed by atoms with Crippen molar-refractivity contribution in [3.05, 3.63) is 5.01 Å². The number of rotatable bonds is 5. The molecule has 1 aromatic heterocycles. The van der Waals surface area contributed by atoms with E-state index in [4.69, 9.17) is 5.73 Å². The minimum absolute atomic E-state index is 0.0921. The molecule has 18 heavy (non-hydrogen) atoms. The van der Waals surface area contributed by atoms with Crippen molar-refractivity contribution in [3.8, 4) is 0 Å².